The van der Waals surface area contributed by atoms with Crippen LogP contribution < -0.4 is 22.1 Å². The number of amides is 3. The van der Waals surface area contributed by atoms with Gasteiger partial charge in [0.05, 0.1) is 101 Å². The molecule has 125 heavy (non-hydrogen) atoms. The number of nitrogens with one attached hydrogen (secondary N) is 2. The number of aliphatic hydroxyl groups excluding tert-OH is 1. The number of carbonyl (C=O) groups excluding carboxylic acids is 7. The highest BCUT2D eigenvalue weighted by molar-refractivity contribution is 6.39. The van der Waals surface area contributed by atoms with Crippen LogP contribution in [0.25, 0.3) is 33.4 Å². The highest BCUT2D eigenvalue weighted by Crippen LogP contribution is 2.41. The maximum Gasteiger partial charge on any atom is 0.329 e. The number of aliphatic hydroxyl groups is 2. The van der Waals surface area contributed by atoms with E-state index in [0.29, 0.717) is 194 Å². The first-order chi connectivity index (χ1) is 60.2. The molecule has 2 bridgehead atoms. The molecule has 5 aromatic rings. The van der Waals surface area contributed by atoms with Crippen LogP contribution in [0.4, 0.5) is 11.8 Å². The van der Waals surface area contributed by atoms with E-state index < -0.39 is 83.7 Å². The van der Waals surface area contributed by atoms with Crippen LogP contribution in [0.5, 0.6) is 0 Å². The summed E-state index contributed by atoms with van der Waals surface area (Å²) in [5.74, 6) is -8.05. The number of methoxy groups -OCH3 is 3. The number of hydrogen-bond acceptors (Lipinski definition) is 31. The number of Topliss-reactive ketones (excluding diaryl/α,β-unsaturated/α-hetero) is 2. The van der Waals surface area contributed by atoms with Gasteiger partial charge in [0.15, 0.2) is 17.0 Å². The molecule has 0 unspecified atom stereocenters. The van der Waals surface area contributed by atoms with Crippen molar-refractivity contribution in [2.75, 3.05) is 126 Å². The quantitative estimate of drug-likeness (QED) is 0.00707. The van der Waals surface area contributed by atoms with Gasteiger partial charge in [-0.3, -0.25) is 28.8 Å². The molecule has 0 spiro atoms. The lowest BCUT2D eigenvalue weighted by Crippen LogP contribution is -2.61. The summed E-state index contributed by atoms with van der Waals surface area (Å²) in [5.41, 5.74) is 17.4. The van der Waals surface area contributed by atoms with Crippen LogP contribution in [-0.4, -0.2) is 264 Å². The van der Waals surface area contributed by atoms with Gasteiger partial charge in [-0.25, -0.2) is 24.1 Å². The van der Waals surface area contributed by atoms with Crippen LogP contribution in [0.3, 0.4) is 0 Å². The van der Waals surface area contributed by atoms with Gasteiger partial charge in [0.1, 0.15) is 67.1 Å². The fraction of sp³-hybridized carbons (Fsp3) is 0.663. The molecule has 15 atom stereocenters. The molecule has 1 aliphatic carbocycles. The number of unbranched alkanes of at least 4 members (excludes halogenated alkanes) is 1. The Labute approximate surface area is 731 Å². The number of fused-ring (bicyclic) bond motifs is 5. The third-order valence-corrected chi connectivity index (χ3v) is 23.6. The maximum absolute atomic E-state index is 15.0. The first-order valence-electron chi connectivity index (χ1n) is 43.9. The number of piperidine rings is 1. The molecular formula is C89H132N14O22. The molecule has 4 aliphatic rings. The SMILES string of the molecule is CO/N=C1/C[C@@H]([C@H](C)C[C@@H]2CC[C@H](n3cc(COC(=O)CCCOCCOCCOCCC(=O)NCCOCCOCCC(=O)NCCCCn4nc(-c5ccc6oc(N)nc6c5)c5c(N)ncnc54)nn3)[C@H](OC)C2)OC(=O)[C@@H]2CCCCN2C(=O)C(=O)[C@]2(O)O[C@@H](CC[C@H]2C)C[C@H](OC)/C(C)=C/C=C/C=C/[C@@H](C)C[C@@H](C)C(=O)[C@H](OC)[C@H](O)/C(C)=C/[C@H]1C. The molecule has 7 heterocycles. The van der Waals surface area contributed by atoms with E-state index in [9.17, 15) is 39.0 Å². The standard InChI is InChI=1S/C89H132N14O22/c1-56-20-13-12-14-21-57(2)72(113-8)51-66-27-24-62(7)89(112,125-66)83(109)86(110)101-34-17-15-22-70(101)87(111)123-73(52-67(99-116-11)58(3)47-61(6)81(108)82(115-10)80(107)60(5)46-56)59(4)48-63-25-28-69(74(49-63)114-9)103-53-65(97-100-103)54-122-77(106)23-19-36-117-40-44-121-45-42-119-38-31-76(105)93-33-39-120-43-41-118-37-30-75(104)92-32-16-18-35-102-85-78(84(90)94-55-95-85)79(98-102)64-26-29-71-68(50-64)96-88(91)124-71/h12-14,20-21,26,29,47,50,53,55-56,58-60,62-63,66,69-70,72-74,81-82,108,112H,15-19,22-25,27-28,30-46,48-49,51-52,54H2,1-11H3,(H2,91,96)(H,92,104)(H,93,105)(H2,90,94,95)/b14-12+,20-13+,57-21+,61-47+,99-67-/t56-,58-,59-,60-,62-,63+,66+,69+,70+,72+,73+,74-,81-,82+,89-/m1/s1. The van der Waals surface area contributed by atoms with E-state index in [1.807, 2.05) is 77.1 Å². The number of ether oxygens (including phenoxy) is 11. The van der Waals surface area contributed by atoms with Crippen molar-refractivity contribution < 1.29 is 105 Å². The zero-order valence-corrected chi connectivity index (χ0v) is 74.5. The summed E-state index contributed by atoms with van der Waals surface area (Å²) in [6.45, 7) is 17.2. The number of carbonyl (C=O) groups is 7. The number of rotatable bonds is 38. The predicted molar refractivity (Wildman–Crippen MR) is 462 cm³/mol. The Morgan fingerprint density at radius 1 is 0.768 bits per heavy atom. The minimum atomic E-state index is -2.47. The lowest BCUT2D eigenvalue weighted by atomic mass is 9.77. The number of nitrogens with two attached hydrogens (primary N) is 2. The van der Waals surface area contributed by atoms with Crippen LogP contribution in [0.2, 0.25) is 0 Å². The van der Waals surface area contributed by atoms with Crippen molar-refractivity contribution in [1.29, 1.82) is 0 Å². The van der Waals surface area contributed by atoms with Crippen LogP contribution in [0.15, 0.2) is 87.9 Å². The molecule has 3 fully saturated rings. The Balaban J connectivity index is 0.645. The molecule has 1 saturated carbocycles. The smallest absolute Gasteiger partial charge is 0.329 e. The van der Waals surface area contributed by atoms with E-state index in [4.69, 9.17) is 77.9 Å². The summed E-state index contributed by atoms with van der Waals surface area (Å²) in [4.78, 5) is 115. The predicted octanol–water partition coefficient (Wildman–Crippen LogP) is 8.60. The van der Waals surface area contributed by atoms with Gasteiger partial charge in [0.25, 0.3) is 17.7 Å². The lowest BCUT2D eigenvalue weighted by Gasteiger charge is -2.42. The minimum Gasteiger partial charge on any atom is -0.460 e. The fourth-order valence-electron chi connectivity index (χ4n) is 16.5. The molecule has 36 heteroatoms. The second-order valence-electron chi connectivity index (χ2n) is 33.1. The molecule has 3 amide bonds. The van der Waals surface area contributed by atoms with Crippen LogP contribution in [0, 0.1) is 35.5 Å². The molecule has 2 saturated heterocycles. The van der Waals surface area contributed by atoms with E-state index in [1.54, 1.807) is 55.8 Å². The average Bonchev–Trinajstić information content (AvgIpc) is 1.68. The van der Waals surface area contributed by atoms with Gasteiger partial charge < -0.3 is 98.6 Å². The maximum atomic E-state index is 15.0. The number of anilines is 2. The molecular weight excluding hydrogens is 1620 g/mol. The first kappa shape index (κ1) is 99.4. The Hall–Kier alpha value is -9.34. The van der Waals surface area contributed by atoms with Crippen molar-refractivity contribution in [2.45, 2.75) is 232 Å². The van der Waals surface area contributed by atoms with Crippen LogP contribution >= 0.6 is 0 Å². The molecule has 3 aliphatic heterocycles. The van der Waals surface area contributed by atoms with Crippen molar-refractivity contribution in [3.05, 3.63) is 84.0 Å². The third kappa shape index (κ3) is 29.6. The van der Waals surface area contributed by atoms with Gasteiger partial charge in [0, 0.05) is 110 Å². The Kier molecular flexibility index (Phi) is 40.5. The normalized spacial score (nSPS) is 26.9. The van der Waals surface area contributed by atoms with Crippen molar-refractivity contribution in [3.63, 3.8) is 0 Å². The van der Waals surface area contributed by atoms with Gasteiger partial charge in [-0.05, 0) is 144 Å². The largest absolute Gasteiger partial charge is 0.460 e. The lowest BCUT2D eigenvalue weighted by molar-refractivity contribution is -0.265. The van der Waals surface area contributed by atoms with E-state index in [0.717, 1.165) is 24.0 Å². The van der Waals surface area contributed by atoms with Gasteiger partial charge >= 0.3 is 11.9 Å². The Bertz CT molecular complexity index is 4450. The number of aromatic nitrogens is 8. The van der Waals surface area contributed by atoms with Crippen molar-refractivity contribution in [3.8, 4) is 11.3 Å². The highest BCUT2D eigenvalue weighted by Gasteiger charge is 2.53. The fourth-order valence-corrected chi connectivity index (χ4v) is 16.5. The number of nitrogens with zero attached hydrogens (tertiary/aromatic N) is 10. The summed E-state index contributed by atoms with van der Waals surface area (Å²) < 4.78 is 73.1. The zero-order chi connectivity index (χ0) is 90.0. The molecule has 8 N–H and O–H groups in total. The molecule has 36 nitrogen and oxygen atoms in total. The van der Waals surface area contributed by atoms with Gasteiger partial charge in [0.2, 0.25) is 17.6 Å². The summed E-state index contributed by atoms with van der Waals surface area (Å²) in [7, 11) is 6.04. The van der Waals surface area contributed by atoms with Crippen LogP contribution in [0.1, 0.15) is 176 Å². The van der Waals surface area contributed by atoms with Gasteiger partial charge in [-0.15, -0.1) is 5.10 Å². The molecule has 0 radical (unpaired) electrons. The van der Waals surface area contributed by atoms with E-state index in [2.05, 4.69) is 41.1 Å². The number of hydrogen-bond donors (Lipinski definition) is 6. The Morgan fingerprint density at radius 2 is 1.49 bits per heavy atom. The topological polar surface area (TPSA) is 463 Å². The number of esters is 2. The number of benzene rings is 1. The second-order valence-corrected chi connectivity index (χ2v) is 33.1. The number of aryl methyl sites for hydroxylation is 1. The second kappa shape index (κ2) is 50.9. The summed E-state index contributed by atoms with van der Waals surface area (Å²) in [6.07, 6.45) is 17.7. The Morgan fingerprint density at radius 3 is 2.21 bits per heavy atom. The number of oxazole rings is 1. The number of allylic oxidation sites excluding steroid dienone is 6. The molecule has 1 aromatic carbocycles. The number of nitrogen functional groups attached to an aromatic ring is 2. The number of cyclic esters (lactones) is 1. The first-order valence-corrected chi connectivity index (χ1v) is 43.9. The zero-order valence-electron chi connectivity index (χ0n) is 74.5. The summed E-state index contributed by atoms with van der Waals surface area (Å²) in [5, 5.41) is 48.5. The molecule has 9 rings (SSSR count). The van der Waals surface area contributed by atoms with Crippen molar-refractivity contribution >= 4 is 80.9 Å². The third-order valence-electron chi connectivity index (χ3n) is 23.6. The van der Waals surface area contributed by atoms with E-state index in [-0.39, 0.29) is 112 Å². The monoisotopic (exact) mass is 1750 g/mol. The average molecular weight is 1750 g/mol. The number of ketones is 2. The van der Waals surface area contributed by atoms with E-state index >= 15 is 4.79 Å². The highest BCUT2D eigenvalue weighted by atomic mass is 16.6. The summed E-state index contributed by atoms with van der Waals surface area (Å²) >= 11 is 0. The van der Waals surface area contributed by atoms with Gasteiger partial charge in [-0.2, -0.15) is 10.1 Å². The number of oxime groups is 1. The minimum absolute atomic E-state index is 0.00606. The van der Waals surface area contributed by atoms with E-state index in [1.165, 1.54) is 25.4 Å². The molecule has 4 aromatic heterocycles. The van der Waals surface area contributed by atoms with Crippen molar-refractivity contribution in [2.24, 2.45) is 40.7 Å². The van der Waals surface area contributed by atoms with Crippen molar-refractivity contribution in [1.82, 2.24) is 55.3 Å². The molecule has 690 valence electrons. The summed E-state index contributed by atoms with van der Waals surface area (Å²) in [6, 6.07) is 4.16. The van der Waals surface area contributed by atoms with Gasteiger partial charge in [-0.1, -0.05) is 81.4 Å². The van der Waals surface area contributed by atoms with Crippen LogP contribution in [-0.2, 0) is 104 Å².